The highest BCUT2D eigenvalue weighted by molar-refractivity contribution is 5.98. The van der Waals surface area contributed by atoms with E-state index in [-0.39, 0.29) is 5.54 Å². The summed E-state index contributed by atoms with van der Waals surface area (Å²) in [6, 6.07) is 8.37. The van der Waals surface area contributed by atoms with Crippen LogP contribution in [0.1, 0.15) is 12.0 Å². The van der Waals surface area contributed by atoms with Crippen LogP contribution < -0.4 is 10.6 Å². The summed E-state index contributed by atoms with van der Waals surface area (Å²) in [6.07, 6.45) is 0.991. The molecular weight excluding hydrogens is 214 g/mol. The molecule has 2 aliphatic heterocycles. The third-order valence-electron chi connectivity index (χ3n) is 3.58. The van der Waals surface area contributed by atoms with Gasteiger partial charge >= 0.3 is 0 Å². The molecule has 4 heteroatoms. The smallest absolute Gasteiger partial charge is 0.196 e. The Morgan fingerprint density at radius 2 is 2.35 bits per heavy atom. The molecule has 2 N–H and O–H groups in total. The molecule has 0 bridgehead atoms. The van der Waals surface area contributed by atoms with Crippen molar-refractivity contribution < 1.29 is 4.74 Å². The number of hydrogen-bond acceptors (Lipinski definition) is 4. The first-order chi connectivity index (χ1) is 8.21. The average molecular weight is 231 g/mol. The summed E-state index contributed by atoms with van der Waals surface area (Å²) in [5.41, 5.74) is 8.34. The number of rotatable bonds is 1. The van der Waals surface area contributed by atoms with Gasteiger partial charge in [0.15, 0.2) is 5.96 Å². The number of benzene rings is 1. The fourth-order valence-corrected chi connectivity index (χ4v) is 2.68. The minimum Gasteiger partial charge on any atom is -0.379 e. The molecule has 2 aliphatic rings. The van der Waals surface area contributed by atoms with Gasteiger partial charge < -0.3 is 15.4 Å². The summed E-state index contributed by atoms with van der Waals surface area (Å²) in [7, 11) is 0. The van der Waals surface area contributed by atoms with E-state index in [0.29, 0.717) is 12.6 Å². The third-order valence-corrected chi connectivity index (χ3v) is 3.58. The number of aryl methyl sites for hydroxylation is 1. The summed E-state index contributed by atoms with van der Waals surface area (Å²) < 4.78 is 5.54. The zero-order valence-corrected chi connectivity index (χ0v) is 10.0. The number of nitrogens with zero attached hydrogens (tertiary/aromatic N) is 2. The monoisotopic (exact) mass is 231 g/mol. The molecule has 1 aromatic rings. The van der Waals surface area contributed by atoms with E-state index in [2.05, 4.69) is 41.1 Å². The standard InChI is InChI=1S/C13H17N3O/c1-10-3-2-4-11(7-10)16-12(14)15-8-13(16)5-6-17-9-13/h2-4,7H,5-6,8-9H2,1H3,(H2,14,15). The van der Waals surface area contributed by atoms with Gasteiger partial charge in [-0.05, 0) is 31.0 Å². The molecule has 0 saturated carbocycles. The minimum atomic E-state index is -0.0438. The first-order valence-corrected chi connectivity index (χ1v) is 5.96. The zero-order valence-electron chi connectivity index (χ0n) is 10.0. The maximum absolute atomic E-state index is 6.04. The molecule has 1 saturated heterocycles. The first-order valence-electron chi connectivity index (χ1n) is 5.96. The highest BCUT2D eigenvalue weighted by Gasteiger charge is 2.46. The second-order valence-electron chi connectivity index (χ2n) is 4.88. The van der Waals surface area contributed by atoms with Crippen LogP contribution in [0.3, 0.4) is 0 Å². The topological polar surface area (TPSA) is 50.8 Å². The molecule has 1 spiro atoms. The summed E-state index contributed by atoms with van der Waals surface area (Å²) in [4.78, 5) is 6.55. The fourth-order valence-electron chi connectivity index (χ4n) is 2.68. The van der Waals surface area contributed by atoms with Crippen molar-refractivity contribution in [3.05, 3.63) is 29.8 Å². The van der Waals surface area contributed by atoms with Crippen LogP contribution in [0.15, 0.2) is 29.3 Å². The largest absolute Gasteiger partial charge is 0.379 e. The van der Waals surface area contributed by atoms with E-state index in [1.807, 2.05) is 0 Å². The predicted molar refractivity (Wildman–Crippen MR) is 68.3 cm³/mol. The Bertz CT molecular complexity index is 463. The van der Waals surface area contributed by atoms with E-state index in [4.69, 9.17) is 10.5 Å². The van der Waals surface area contributed by atoms with Gasteiger partial charge in [0.1, 0.15) is 0 Å². The molecule has 3 rings (SSSR count). The average Bonchev–Trinajstić information content (AvgIpc) is 2.88. The number of nitrogens with two attached hydrogens (primary N) is 1. The maximum atomic E-state index is 6.04. The van der Waals surface area contributed by atoms with Gasteiger partial charge in [0.2, 0.25) is 0 Å². The first kappa shape index (κ1) is 10.6. The van der Waals surface area contributed by atoms with Crippen molar-refractivity contribution in [1.82, 2.24) is 0 Å². The van der Waals surface area contributed by atoms with Crippen molar-refractivity contribution in [2.24, 2.45) is 10.7 Å². The van der Waals surface area contributed by atoms with E-state index >= 15 is 0 Å². The molecule has 0 aromatic heterocycles. The lowest BCUT2D eigenvalue weighted by Gasteiger charge is -2.34. The summed E-state index contributed by atoms with van der Waals surface area (Å²) >= 11 is 0. The molecule has 1 fully saturated rings. The number of aliphatic imine (C=N–C) groups is 1. The van der Waals surface area contributed by atoms with Crippen LogP contribution >= 0.6 is 0 Å². The molecular formula is C13H17N3O. The van der Waals surface area contributed by atoms with E-state index in [0.717, 1.165) is 25.3 Å². The molecule has 1 atom stereocenters. The van der Waals surface area contributed by atoms with Crippen molar-refractivity contribution in [3.63, 3.8) is 0 Å². The van der Waals surface area contributed by atoms with E-state index in [1.54, 1.807) is 0 Å². The quantitative estimate of drug-likeness (QED) is 0.792. The van der Waals surface area contributed by atoms with Crippen LogP contribution in [0.4, 0.5) is 5.69 Å². The lowest BCUT2D eigenvalue weighted by molar-refractivity contribution is 0.181. The molecule has 2 heterocycles. The number of anilines is 1. The molecule has 0 aliphatic carbocycles. The zero-order chi connectivity index (χ0) is 11.9. The van der Waals surface area contributed by atoms with Gasteiger partial charge in [-0.1, -0.05) is 12.1 Å². The molecule has 0 amide bonds. The van der Waals surface area contributed by atoms with Gasteiger partial charge in [-0.25, -0.2) is 0 Å². The Labute approximate surface area is 101 Å². The van der Waals surface area contributed by atoms with Crippen molar-refractivity contribution in [2.45, 2.75) is 18.9 Å². The van der Waals surface area contributed by atoms with Crippen molar-refractivity contribution >= 4 is 11.6 Å². The van der Waals surface area contributed by atoms with Crippen molar-refractivity contribution in [3.8, 4) is 0 Å². The van der Waals surface area contributed by atoms with Gasteiger partial charge in [-0.2, -0.15) is 0 Å². The number of hydrogen-bond donors (Lipinski definition) is 1. The second kappa shape index (κ2) is 3.74. The Morgan fingerprint density at radius 1 is 1.47 bits per heavy atom. The highest BCUT2D eigenvalue weighted by Crippen LogP contribution is 2.35. The number of guanidine groups is 1. The van der Waals surface area contributed by atoms with Crippen LogP contribution in [-0.2, 0) is 4.74 Å². The minimum absolute atomic E-state index is 0.0438. The third kappa shape index (κ3) is 1.60. The normalized spacial score (nSPS) is 27.8. The van der Waals surface area contributed by atoms with E-state index < -0.39 is 0 Å². The highest BCUT2D eigenvalue weighted by atomic mass is 16.5. The Kier molecular flexibility index (Phi) is 2.33. The maximum Gasteiger partial charge on any atom is 0.196 e. The number of ether oxygens (including phenoxy) is 1. The molecule has 17 heavy (non-hydrogen) atoms. The van der Waals surface area contributed by atoms with E-state index in [1.165, 1.54) is 5.56 Å². The van der Waals surface area contributed by atoms with Crippen LogP contribution in [0, 0.1) is 6.92 Å². The van der Waals surface area contributed by atoms with Crippen LogP contribution in [0.25, 0.3) is 0 Å². The van der Waals surface area contributed by atoms with Gasteiger partial charge in [-0.15, -0.1) is 0 Å². The summed E-state index contributed by atoms with van der Waals surface area (Å²) in [5, 5.41) is 0. The second-order valence-corrected chi connectivity index (χ2v) is 4.88. The lowest BCUT2D eigenvalue weighted by atomic mass is 9.97. The van der Waals surface area contributed by atoms with Gasteiger partial charge in [0.05, 0.1) is 18.7 Å². The molecule has 1 unspecified atom stereocenters. The Morgan fingerprint density at radius 3 is 3.06 bits per heavy atom. The molecule has 4 nitrogen and oxygen atoms in total. The van der Waals surface area contributed by atoms with Gasteiger partial charge in [0, 0.05) is 12.3 Å². The van der Waals surface area contributed by atoms with E-state index in [9.17, 15) is 0 Å². The van der Waals surface area contributed by atoms with Crippen LogP contribution in [-0.4, -0.2) is 31.3 Å². The SMILES string of the molecule is Cc1cccc(N2C(N)=NCC23CCOC3)c1. The van der Waals surface area contributed by atoms with Gasteiger partial charge in [-0.3, -0.25) is 4.99 Å². The predicted octanol–water partition coefficient (Wildman–Crippen LogP) is 1.29. The van der Waals surface area contributed by atoms with Crippen molar-refractivity contribution in [1.29, 1.82) is 0 Å². The molecule has 90 valence electrons. The van der Waals surface area contributed by atoms with Crippen molar-refractivity contribution in [2.75, 3.05) is 24.7 Å². The van der Waals surface area contributed by atoms with Gasteiger partial charge in [0.25, 0.3) is 0 Å². The summed E-state index contributed by atoms with van der Waals surface area (Å²) in [6.45, 7) is 4.34. The van der Waals surface area contributed by atoms with Crippen LogP contribution in [0.2, 0.25) is 0 Å². The Balaban J connectivity index is 2.01. The summed E-state index contributed by atoms with van der Waals surface area (Å²) in [5.74, 6) is 0.612. The lowest BCUT2D eigenvalue weighted by Crippen LogP contribution is -2.52. The van der Waals surface area contributed by atoms with Crippen LogP contribution in [0.5, 0.6) is 0 Å². The fraction of sp³-hybridized carbons (Fsp3) is 0.462. The molecule has 0 radical (unpaired) electrons. The Hall–Kier alpha value is -1.55. The molecule has 1 aromatic carbocycles.